The average Bonchev–Trinajstić information content (AvgIpc) is 2.73. The van der Waals surface area contributed by atoms with Crippen LogP contribution in [0.4, 0.5) is 0 Å². The van der Waals surface area contributed by atoms with E-state index in [4.69, 9.17) is 4.74 Å². The molecule has 1 aromatic rings. The predicted octanol–water partition coefficient (Wildman–Crippen LogP) is 4.75. The third-order valence-electron chi connectivity index (χ3n) is 3.92. The van der Waals surface area contributed by atoms with Gasteiger partial charge in [-0.3, -0.25) is 0 Å². The largest absolute Gasteiger partial charge is 0.493 e. The normalized spacial score (nSPS) is 14.7. The summed E-state index contributed by atoms with van der Waals surface area (Å²) in [6, 6.07) is 4.24. The van der Waals surface area contributed by atoms with E-state index >= 15 is 0 Å². The van der Waals surface area contributed by atoms with Crippen LogP contribution in [-0.4, -0.2) is 17.3 Å². The maximum Gasteiger partial charge on any atom is 0.125 e. The lowest BCUT2D eigenvalue weighted by molar-refractivity contribution is 0.000289. The minimum Gasteiger partial charge on any atom is -0.493 e. The van der Waals surface area contributed by atoms with Gasteiger partial charge < -0.3 is 9.84 Å². The summed E-state index contributed by atoms with van der Waals surface area (Å²) in [7, 11) is 0. The van der Waals surface area contributed by atoms with Crippen molar-refractivity contribution >= 4 is 15.9 Å². The van der Waals surface area contributed by atoms with E-state index in [0.717, 1.165) is 41.7 Å². The van der Waals surface area contributed by atoms with Crippen LogP contribution < -0.4 is 4.74 Å². The number of benzene rings is 1. The molecule has 118 valence electrons. The second-order valence-electron chi connectivity index (χ2n) is 7.25. The molecule has 0 aromatic heterocycles. The molecule has 21 heavy (non-hydrogen) atoms. The molecule has 0 saturated carbocycles. The molecular formula is C18H27BrO2. The Balaban J connectivity index is 2.28. The first-order valence-corrected chi connectivity index (χ1v) is 8.75. The average molecular weight is 355 g/mol. The van der Waals surface area contributed by atoms with E-state index in [1.54, 1.807) is 0 Å². The second kappa shape index (κ2) is 6.70. The number of aliphatic hydroxyl groups is 1. The highest BCUT2D eigenvalue weighted by Gasteiger charge is 2.31. The van der Waals surface area contributed by atoms with Gasteiger partial charge in [0.25, 0.3) is 0 Å². The van der Waals surface area contributed by atoms with Crippen LogP contribution in [0, 0.1) is 11.8 Å². The summed E-state index contributed by atoms with van der Waals surface area (Å²) in [6.07, 6.45) is 3.29. The van der Waals surface area contributed by atoms with Gasteiger partial charge in [-0.05, 0) is 47.9 Å². The Morgan fingerprint density at radius 2 is 1.81 bits per heavy atom. The first-order chi connectivity index (χ1) is 9.79. The number of halogens is 1. The molecule has 0 fully saturated rings. The quantitative estimate of drug-likeness (QED) is 0.798. The SMILES string of the molecule is CC(C)CC(O)(Cc1cc(Br)cc2c1OCC2)CC(C)C. The second-order valence-corrected chi connectivity index (χ2v) is 8.16. The minimum atomic E-state index is -0.650. The van der Waals surface area contributed by atoms with E-state index in [2.05, 4.69) is 55.8 Å². The summed E-state index contributed by atoms with van der Waals surface area (Å²) in [5.74, 6) is 1.97. The van der Waals surface area contributed by atoms with Gasteiger partial charge in [0.15, 0.2) is 0 Å². The lowest BCUT2D eigenvalue weighted by atomic mass is 9.80. The topological polar surface area (TPSA) is 29.5 Å². The number of fused-ring (bicyclic) bond motifs is 1. The van der Waals surface area contributed by atoms with E-state index in [1.165, 1.54) is 5.56 Å². The monoisotopic (exact) mass is 354 g/mol. The van der Waals surface area contributed by atoms with E-state index in [1.807, 2.05) is 0 Å². The summed E-state index contributed by atoms with van der Waals surface area (Å²) >= 11 is 3.59. The molecule has 0 unspecified atom stereocenters. The van der Waals surface area contributed by atoms with Crippen LogP contribution in [-0.2, 0) is 12.8 Å². The van der Waals surface area contributed by atoms with Crippen LogP contribution in [0.25, 0.3) is 0 Å². The van der Waals surface area contributed by atoms with Crippen molar-refractivity contribution in [3.63, 3.8) is 0 Å². The minimum absolute atomic E-state index is 0.481. The summed E-state index contributed by atoms with van der Waals surface area (Å²) in [4.78, 5) is 0. The van der Waals surface area contributed by atoms with Crippen LogP contribution in [0.3, 0.4) is 0 Å². The van der Waals surface area contributed by atoms with Crippen molar-refractivity contribution < 1.29 is 9.84 Å². The standard InChI is InChI=1S/C18H27BrO2/c1-12(2)9-18(20,10-13(3)4)11-15-8-16(19)7-14-5-6-21-17(14)15/h7-8,12-13,20H,5-6,9-11H2,1-4H3. The molecule has 0 radical (unpaired) electrons. The van der Waals surface area contributed by atoms with Crippen molar-refractivity contribution in [1.82, 2.24) is 0 Å². The fourth-order valence-corrected chi connectivity index (χ4v) is 4.13. The fraction of sp³-hybridized carbons (Fsp3) is 0.667. The van der Waals surface area contributed by atoms with Gasteiger partial charge in [0.2, 0.25) is 0 Å². The number of hydrogen-bond acceptors (Lipinski definition) is 2. The predicted molar refractivity (Wildman–Crippen MR) is 90.9 cm³/mol. The van der Waals surface area contributed by atoms with Crippen molar-refractivity contribution in [2.45, 2.75) is 59.0 Å². The first-order valence-electron chi connectivity index (χ1n) is 7.95. The molecule has 1 N–H and O–H groups in total. The van der Waals surface area contributed by atoms with Gasteiger partial charge in [0, 0.05) is 17.3 Å². The van der Waals surface area contributed by atoms with Gasteiger partial charge in [-0.25, -0.2) is 0 Å². The Bertz CT molecular complexity index is 484. The van der Waals surface area contributed by atoms with Gasteiger partial charge in [-0.2, -0.15) is 0 Å². The summed E-state index contributed by atoms with van der Waals surface area (Å²) in [5, 5.41) is 11.2. The third-order valence-corrected chi connectivity index (χ3v) is 4.38. The highest BCUT2D eigenvalue weighted by molar-refractivity contribution is 9.10. The smallest absolute Gasteiger partial charge is 0.125 e. The summed E-state index contributed by atoms with van der Waals surface area (Å²) < 4.78 is 6.89. The fourth-order valence-electron chi connectivity index (χ4n) is 3.58. The third kappa shape index (κ3) is 4.46. The van der Waals surface area contributed by atoms with Gasteiger partial charge in [-0.1, -0.05) is 43.6 Å². The van der Waals surface area contributed by atoms with E-state index in [0.29, 0.717) is 18.3 Å². The van der Waals surface area contributed by atoms with Crippen molar-refractivity contribution in [1.29, 1.82) is 0 Å². The number of hydrogen-bond donors (Lipinski definition) is 1. The Kier molecular flexibility index (Phi) is 5.37. The molecule has 0 bridgehead atoms. The molecule has 3 heteroatoms. The molecule has 1 aromatic carbocycles. The van der Waals surface area contributed by atoms with Crippen LogP contribution in [0.5, 0.6) is 5.75 Å². The molecule has 0 saturated heterocycles. The molecule has 0 atom stereocenters. The molecule has 0 spiro atoms. The Hall–Kier alpha value is -0.540. The van der Waals surface area contributed by atoms with Crippen molar-refractivity contribution in [3.05, 3.63) is 27.7 Å². The molecule has 1 aliphatic rings. The molecular weight excluding hydrogens is 328 g/mol. The van der Waals surface area contributed by atoms with E-state index in [9.17, 15) is 5.11 Å². The van der Waals surface area contributed by atoms with Crippen LogP contribution >= 0.6 is 15.9 Å². The molecule has 2 nitrogen and oxygen atoms in total. The number of ether oxygens (including phenoxy) is 1. The van der Waals surface area contributed by atoms with Gasteiger partial charge in [0.05, 0.1) is 12.2 Å². The van der Waals surface area contributed by atoms with Crippen LogP contribution in [0.2, 0.25) is 0 Å². The van der Waals surface area contributed by atoms with Crippen molar-refractivity contribution in [2.75, 3.05) is 6.61 Å². The maximum atomic E-state index is 11.2. The van der Waals surface area contributed by atoms with E-state index in [-0.39, 0.29) is 0 Å². The van der Waals surface area contributed by atoms with Gasteiger partial charge in [0.1, 0.15) is 5.75 Å². The molecule has 0 aliphatic carbocycles. The zero-order valence-corrected chi connectivity index (χ0v) is 15.2. The van der Waals surface area contributed by atoms with Crippen molar-refractivity contribution in [3.8, 4) is 5.75 Å². The Morgan fingerprint density at radius 3 is 2.38 bits per heavy atom. The van der Waals surface area contributed by atoms with E-state index < -0.39 is 5.60 Å². The Morgan fingerprint density at radius 1 is 1.19 bits per heavy atom. The zero-order chi connectivity index (χ0) is 15.6. The maximum absolute atomic E-state index is 11.2. The summed E-state index contributed by atoms with van der Waals surface area (Å²) in [5.41, 5.74) is 1.75. The zero-order valence-electron chi connectivity index (χ0n) is 13.6. The first kappa shape index (κ1) is 16.8. The summed E-state index contributed by atoms with van der Waals surface area (Å²) in [6.45, 7) is 9.45. The molecule has 2 rings (SSSR count). The molecule has 1 aliphatic heterocycles. The van der Waals surface area contributed by atoms with Gasteiger partial charge >= 0.3 is 0 Å². The highest BCUT2D eigenvalue weighted by atomic mass is 79.9. The Labute approximate surface area is 137 Å². The lowest BCUT2D eigenvalue weighted by Gasteiger charge is -2.32. The molecule has 1 heterocycles. The molecule has 0 amide bonds. The number of rotatable bonds is 6. The van der Waals surface area contributed by atoms with Crippen molar-refractivity contribution in [2.24, 2.45) is 11.8 Å². The van der Waals surface area contributed by atoms with Crippen LogP contribution in [0.1, 0.15) is 51.7 Å². The lowest BCUT2D eigenvalue weighted by Crippen LogP contribution is -2.35. The van der Waals surface area contributed by atoms with Gasteiger partial charge in [-0.15, -0.1) is 0 Å². The highest BCUT2D eigenvalue weighted by Crippen LogP contribution is 2.37. The van der Waals surface area contributed by atoms with Crippen LogP contribution in [0.15, 0.2) is 16.6 Å².